The third kappa shape index (κ3) is 2.27. The van der Waals surface area contributed by atoms with Crippen LogP contribution in [0.1, 0.15) is 37.6 Å². The monoisotopic (exact) mass is 377 g/mol. The SMILES string of the molecule is COc1cc(OC)c2c(c1Cl)O[C@]1(C2=O)C(C)=C(C)[C@H](N=[N+]=[N-])C[C@H]1C. The number of nitrogens with zero attached hydrogens (tertiary/aromatic N) is 3. The number of Topliss-reactive ketones (excluding diaryl/α,β-unsaturated/α-hetero) is 1. The molecule has 0 amide bonds. The number of benzene rings is 1. The van der Waals surface area contributed by atoms with Gasteiger partial charge in [0, 0.05) is 16.9 Å². The summed E-state index contributed by atoms with van der Waals surface area (Å²) >= 11 is 6.42. The van der Waals surface area contributed by atoms with Gasteiger partial charge in [0.15, 0.2) is 11.4 Å². The van der Waals surface area contributed by atoms with Gasteiger partial charge in [-0.25, -0.2) is 0 Å². The van der Waals surface area contributed by atoms with E-state index >= 15 is 0 Å². The maximum absolute atomic E-state index is 13.5. The molecule has 8 heteroatoms. The Morgan fingerprint density at radius 3 is 2.58 bits per heavy atom. The van der Waals surface area contributed by atoms with Gasteiger partial charge in [-0.1, -0.05) is 29.2 Å². The minimum absolute atomic E-state index is 0.197. The Kier molecular flexibility index (Phi) is 4.54. The summed E-state index contributed by atoms with van der Waals surface area (Å²) in [6.07, 6.45) is 0.504. The number of halogens is 1. The van der Waals surface area contributed by atoms with Crippen molar-refractivity contribution >= 4 is 17.4 Å². The molecular formula is C18H20ClN3O4. The Balaban J connectivity index is 2.24. The second kappa shape index (κ2) is 6.41. The van der Waals surface area contributed by atoms with Crippen molar-refractivity contribution in [3.05, 3.63) is 38.2 Å². The molecule has 0 N–H and O–H groups in total. The largest absolute Gasteiger partial charge is 0.496 e. The number of fused-ring (bicyclic) bond motifs is 1. The summed E-state index contributed by atoms with van der Waals surface area (Å²) < 4.78 is 16.9. The second-order valence-electron chi connectivity index (χ2n) is 6.63. The maximum Gasteiger partial charge on any atom is 0.218 e. The van der Waals surface area contributed by atoms with Gasteiger partial charge in [-0.2, -0.15) is 0 Å². The van der Waals surface area contributed by atoms with E-state index < -0.39 is 5.60 Å². The first-order chi connectivity index (χ1) is 12.3. The van der Waals surface area contributed by atoms with E-state index in [9.17, 15) is 4.79 Å². The van der Waals surface area contributed by atoms with Gasteiger partial charge in [-0.05, 0) is 31.4 Å². The first kappa shape index (κ1) is 18.4. The summed E-state index contributed by atoms with van der Waals surface area (Å²) in [5.41, 5.74) is 9.53. The Bertz CT molecular complexity index is 876. The molecule has 138 valence electrons. The minimum atomic E-state index is -1.18. The van der Waals surface area contributed by atoms with Gasteiger partial charge in [0.05, 0.1) is 20.3 Å². The highest BCUT2D eigenvalue weighted by atomic mass is 35.5. The highest BCUT2D eigenvalue weighted by Gasteiger charge is 2.58. The summed E-state index contributed by atoms with van der Waals surface area (Å²) in [4.78, 5) is 16.4. The van der Waals surface area contributed by atoms with Crippen LogP contribution >= 0.6 is 11.6 Å². The summed E-state index contributed by atoms with van der Waals surface area (Å²) in [6.45, 7) is 5.62. The molecule has 0 aromatic heterocycles. The third-order valence-corrected chi connectivity index (χ3v) is 5.89. The molecule has 26 heavy (non-hydrogen) atoms. The Labute approximate surface area is 156 Å². The quantitative estimate of drug-likeness (QED) is 0.329. The molecule has 1 aromatic carbocycles. The second-order valence-corrected chi connectivity index (χ2v) is 7.01. The average molecular weight is 378 g/mol. The van der Waals surface area contributed by atoms with Gasteiger partial charge in [0.25, 0.3) is 0 Å². The van der Waals surface area contributed by atoms with E-state index in [-0.39, 0.29) is 28.5 Å². The average Bonchev–Trinajstić information content (AvgIpc) is 2.94. The fraction of sp³-hybridized carbons (Fsp3) is 0.500. The first-order valence-corrected chi connectivity index (χ1v) is 8.61. The van der Waals surface area contributed by atoms with Gasteiger partial charge >= 0.3 is 0 Å². The van der Waals surface area contributed by atoms with E-state index in [0.717, 1.165) is 11.1 Å². The predicted molar refractivity (Wildman–Crippen MR) is 97.3 cm³/mol. The van der Waals surface area contributed by atoms with Crippen molar-refractivity contribution in [2.45, 2.75) is 38.8 Å². The first-order valence-electron chi connectivity index (χ1n) is 8.23. The van der Waals surface area contributed by atoms with Crippen LogP contribution in [-0.2, 0) is 0 Å². The summed E-state index contributed by atoms with van der Waals surface area (Å²) in [5.74, 6) is 0.596. The predicted octanol–water partition coefficient (Wildman–Crippen LogP) is 4.73. The number of hydrogen-bond donors (Lipinski definition) is 0. The van der Waals surface area contributed by atoms with Gasteiger partial charge in [0.1, 0.15) is 22.1 Å². The zero-order valence-corrected chi connectivity index (χ0v) is 16.0. The fourth-order valence-corrected chi connectivity index (χ4v) is 4.22. The number of hydrogen-bond acceptors (Lipinski definition) is 5. The molecule has 3 rings (SSSR count). The lowest BCUT2D eigenvalue weighted by Gasteiger charge is -2.41. The van der Waals surface area contributed by atoms with Crippen LogP contribution in [0.25, 0.3) is 10.4 Å². The van der Waals surface area contributed by atoms with Crippen LogP contribution in [0.3, 0.4) is 0 Å². The lowest BCUT2D eigenvalue weighted by molar-refractivity contribution is 0.0418. The van der Waals surface area contributed by atoms with Crippen LogP contribution in [0.5, 0.6) is 17.2 Å². The van der Waals surface area contributed by atoms with E-state index in [2.05, 4.69) is 10.0 Å². The van der Waals surface area contributed by atoms with E-state index in [1.54, 1.807) is 6.07 Å². The van der Waals surface area contributed by atoms with E-state index in [0.29, 0.717) is 23.5 Å². The fourth-order valence-electron chi connectivity index (χ4n) is 3.96. The summed E-state index contributed by atoms with van der Waals surface area (Å²) in [5, 5.41) is 4.10. The van der Waals surface area contributed by atoms with Crippen molar-refractivity contribution < 1.29 is 19.0 Å². The molecule has 1 aromatic rings. The van der Waals surface area contributed by atoms with Crippen molar-refractivity contribution in [1.82, 2.24) is 0 Å². The van der Waals surface area contributed by atoms with Crippen molar-refractivity contribution in [3.63, 3.8) is 0 Å². The van der Waals surface area contributed by atoms with Crippen molar-refractivity contribution in [2.75, 3.05) is 14.2 Å². The van der Waals surface area contributed by atoms with Crippen LogP contribution in [0.4, 0.5) is 0 Å². The van der Waals surface area contributed by atoms with E-state index in [1.807, 2.05) is 20.8 Å². The molecular weight excluding hydrogens is 358 g/mol. The Hall–Kier alpha value is -2.37. The number of azide groups is 1. The molecule has 1 aliphatic carbocycles. The highest BCUT2D eigenvalue weighted by Crippen LogP contribution is 2.55. The molecule has 2 aliphatic rings. The smallest absolute Gasteiger partial charge is 0.218 e. The summed E-state index contributed by atoms with van der Waals surface area (Å²) in [7, 11) is 2.97. The van der Waals surface area contributed by atoms with E-state index in [1.165, 1.54) is 14.2 Å². The number of ketones is 1. The third-order valence-electron chi connectivity index (χ3n) is 5.53. The molecule has 0 saturated carbocycles. The molecule has 0 bridgehead atoms. The number of rotatable bonds is 3. The van der Waals surface area contributed by atoms with Crippen LogP contribution in [0, 0.1) is 5.92 Å². The Morgan fingerprint density at radius 1 is 1.35 bits per heavy atom. The number of ether oxygens (including phenoxy) is 3. The lowest BCUT2D eigenvalue weighted by Crippen LogP contribution is -2.51. The molecule has 0 saturated heterocycles. The zero-order valence-electron chi connectivity index (χ0n) is 15.3. The lowest BCUT2D eigenvalue weighted by atomic mass is 9.69. The number of methoxy groups -OCH3 is 2. The minimum Gasteiger partial charge on any atom is -0.496 e. The number of carbonyl (C=O) groups excluding carboxylic acids is 1. The maximum atomic E-state index is 13.5. The molecule has 0 unspecified atom stereocenters. The van der Waals surface area contributed by atoms with Gasteiger partial charge in [0.2, 0.25) is 5.78 Å². The van der Waals surface area contributed by atoms with Crippen molar-refractivity contribution in [1.29, 1.82) is 0 Å². The zero-order chi connectivity index (χ0) is 19.2. The van der Waals surface area contributed by atoms with Crippen LogP contribution in [0.15, 0.2) is 22.3 Å². The van der Waals surface area contributed by atoms with Gasteiger partial charge in [-0.15, -0.1) is 0 Å². The van der Waals surface area contributed by atoms with Crippen LogP contribution in [0.2, 0.25) is 5.02 Å². The normalized spacial score (nSPS) is 27.1. The number of carbonyl (C=O) groups is 1. The Morgan fingerprint density at radius 2 is 2.00 bits per heavy atom. The molecule has 1 heterocycles. The van der Waals surface area contributed by atoms with Crippen molar-refractivity contribution in [2.24, 2.45) is 11.0 Å². The van der Waals surface area contributed by atoms with E-state index in [4.69, 9.17) is 31.3 Å². The van der Waals surface area contributed by atoms with Gasteiger partial charge in [-0.3, -0.25) is 4.79 Å². The molecule has 3 atom stereocenters. The highest BCUT2D eigenvalue weighted by molar-refractivity contribution is 6.35. The van der Waals surface area contributed by atoms with Crippen LogP contribution < -0.4 is 14.2 Å². The van der Waals surface area contributed by atoms with Gasteiger partial charge < -0.3 is 14.2 Å². The molecule has 1 spiro atoms. The summed E-state index contributed by atoms with van der Waals surface area (Å²) in [6, 6.07) is 1.29. The van der Waals surface area contributed by atoms with Crippen molar-refractivity contribution in [3.8, 4) is 17.2 Å². The molecule has 1 aliphatic heterocycles. The van der Waals surface area contributed by atoms with Crippen LogP contribution in [-0.4, -0.2) is 31.6 Å². The topological polar surface area (TPSA) is 93.5 Å². The molecule has 7 nitrogen and oxygen atoms in total. The standard InChI is InChI=1S/C18H20ClN3O4/c1-8-6-11(21-22-20)9(2)10(3)18(8)17(23)14-12(24-4)7-13(25-5)15(19)16(14)26-18/h7-8,11H,6H2,1-5H3/t8-,11-,18+/m1/s1. The molecule has 0 radical (unpaired) electrons. The molecule has 0 fully saturated rings.